The van der Waals surface area contributed by atoms with Gasteiger partial charge in [0.15, 0.2) is 6.29 Å². The van der Waals surface area contributed by atoms with Gasteiger partial charge in [0.1, 0.15) is 0 Å². The van der Waals surface area contributed by atoms with Gasteiger partial charge in [-0.2, -0.15) is 0 Å². The van der Waals surface area contributed by atoms with E-state index >= 15 is 0 Å². The monoisotopic (exact) mass is 260 g/mol. The van der Waals surface area contributed by atoms with Gasteiger partial charge in [-0.25, -0.2) is 0 Å². The van der Waals surface area contributed by atoms with Crippen molar-refractivity contribution in [2.75, 3.05) is 13.2 Å². The van der Waals surface area contributed by atoms with Crippen LogP contribution in [0.25, 0.3) is 6.08 Å². The van der Waals surface area contributed by atoms with Crippen LogP contribution < -0.4 is 0 Å². The predicted octanol–water partition coefficient (Wildman–Crippen LogP) is 4.27. The first-order chi connectivity index (χ1) is 9.38. The predicted molar refractivity (Wildman–Crippen MR) is 78.8 cm³/mol. The second kappa shape index (κ2) is 8.13. The molecular formula is C17H24O2. The number of hydrogen-bond donors (Lipinski definition) is 0. The zero-order chi connectivity index (χ0) is 13.3. The number of rotatable bonds is 6. The molecule has 0 bridgehead atoms. The molecule has 2 rings (SSSR count). The first-order valence-electron chi connectivity index (χ1n) is 7.35. The van der Waals surface area contributed by atoms with Gasteiger partial charge >= 0.3 is 0 Å². The van der Waals surface area contributed by atoms with E-state index in [1.165, 1.54) is 31.2 Å². The molecule has 1 saturated heterocycles. The summed E-state index contributed by atoms with van der Waals surface area (Å²) in [5.74, 6) is 0.577. The van der Waals surface area contributed by atoms with Crippen LogP contribution in [-0.2, 0) is 9.47 Å². The fraction of sp³-hybridized carbons (Fsp3) is 0.529. The van der Waals surface area contributed by atoms with Gasteiger partial charge in [0.2, 0.25) is 0 Å². The average molecular weight is 260 g/mol. The highest BCUT2D eigenvalue weighted by Crippen LogP contribution is 2.18. The fourth-order valence-corrected chi connectivity index (χ4v) is 2.27. The van der Waals surface area contributed by atoms with Crippen molar-refractivity contribution in [3.63, 3.8) is 0 Å². The smallest absolute Gasteiger partial charge is 0.177 e. The van der Waals surface area contributed by atoms with Crippen molar-refractivity contribution in [2.45, 2.75) is 38.9 Å². The van der Waals surface area contributed by atoms with Crippen molar-refractivity contribution in [3.05, 3.63) is 42.0 Å². The Bertz CT molecular complexity index is 364. The van der Waals surface area contributed by atoms with Crippen molar-refractivity contribution < 1.29 is 9.47 Å². The van der Waals surface area contributed by atoms with E-state index in [0.29, 0.717) is 5.92 Å². The summed E-state index contributed by atoms with van der Waals surface area (Å²) in [6.07, 6.45) is 8.98. The van der Waals surface area contributed by atoms with E-state index in [1.807, 2.05) is 24.3 Å². The molecule has 0 N–H and O–H groups in total. The van der Waals surface area contributed by atoms with Crippen LogP contribution in [0.3, 0.4) is 0 Å². The van der Waals surface area contributed by atoms with Gasteiger partial charge in [-0.15, -0.1) is 0 Å². The highest BCUT2D eigenvalue weighted by atomic mass is 16.7. The minimum absolute atomic E-state index is 0.178. The summed E-state index contributed by atoms with van der Waals surface area (Å²) in [5.41, 5.74) is 1.18. The molecule has 1 aromatic carbocycles. The van der Waals surface area contributed by atoms with Crippen LogP contribution in [0.15, 0.2) is 36.4 Å². The second-order valence-corrected chi connectivity index (χ2v) is 5.17. The van der Waals surface area contributed by atoms with Crippen LogP contribution in [-0.4, -0.2) is 19.5 Å². The van der Waals surface area contributed by atoms with E-state index in [2.05, 4.69) is 25.1 Å². The highest BCUT2D eigenvalue weighted by Gasteiger charge is 2.19. The Labute approximate surface area is 116 Å². The van der Waals surface area contributed by atoms with E-state index < -0.39 is 0 Å². The minimum atomic E-state index is -0.178. The molecule has 1 aliphatic rings. The molecule has 0 radical (unpaired) electrons. The molecule has 2 nitrogen and oxygen atoms in total. The first kappa shape index (κ1) is 14.3. The standard InChI is InChI=1S/C17H24O2/c1-2-3-5-10-16-13-18-17(19-14-16)12-11-15-8-6-4-7-9-15/h4,6-9,11-12,16-17H,2-3,5,10,13-14H2,1H3/b12-11+. The molecule has 104 valence electrons. The van der Waals surface area contributed by atoms with E-state index in [1.54, 1.807) is 0 Å². The summed E-state index contributed by atoms with van der Waals surface area (Å²) >= 11 is 0. The molecule has 0 atom stereocenters. The lowest BCUT2D eigenvalue weighted by atomic mass is 10.0. The zero-order valence-electron chi connectivity index (χ0n) is 11.8. The fourth-order valence-electron chi connectivity index (χ4n) is 2.27. The van der Waals surface area contributed by atoms with Crippen LogP contribution in [0, 0.1) is 5.92 Å². The minimum Gasteiger partial charge on any atom is -0.349 e. The SMILES string of the molecule is CCCCCC1COC(/C=C/c2ccccc2)OC1. The van der Waals surface area contributed by atoms with Crippen molar-refractivity contribution in [1.29, 1.82) is 0 Å². The second-order valence-electron chi connectivity index (χ2n) is 5.17. The Hall–Kier alpha value is -1.12. The maximum absolute atomic E-state index is 5.73. The number of ether oxygens (including phenoxy) is 2. The van der Waals surface area contributed by atoms with Gasteiger partial charge in [0, 0.05) is 5.92 Å². The van der Waals surface area contributed by atoms with Gasteiger partial charge in [0.05, 0.1) is 13.2 Å². The van der Waals surface area contributed by atoms with Gasteiger partial charge < -0.3 is 9.47 Å². The average Bonchev–Trinajstić information content (AvgIpc) is 2.48. The van der Waals surface area contributed by atoms with Crippen molar-refractivity contribution in [1.82, 2.24) is 0 Å². The lowest BCUT2D eigenvalue weighted by Crippen LogP contribution is -2.30. The van der Waals surface area contributed by atoms with E-state index in [-0.39, 0.29) is 6.29 Å². The first-order valence-corrected chi connectivity index (χ1v) is 7.35. The van der Waals surface area contributed by atoms with E-state index in [0.717, 1.165) is 13.2 Å². The number of unbranched alkanes of at least 4 members (excludes halogenated alkanes) is 2. The number of hydrogen-bond acceptors (Lipinski definition) is 2. The summed E-state index contributed by atoms with van der Waals surface area (Å²) in [6.45, 7) is 3.89. The molecular weight excluding hydrogens is 236 g/mol. The molecule has 0 spiro atoms. The normalized spacial score (nSPS) is 23.8. The molecule has 1 heterocycles. The molecule has 0 unspecified atom stereocenters. The third kappa shape index (κ3) is 5.17. The Kier molecular flexibility index (Phi) is 6.12. The summed E-state index contributed by atoms with van der Waals surface area (Å²) in [4.78, 5) is 0. The summed E-state index contributed by atoms with van der Waals surface area (Å²) in [5, 5.41) is 0. The van der Waals surface area contributed by atoms with Crippen LogP contribution in [0.1, 0.15) is 38.2 Å². The highest BCUT2D eigenvalue weighted by molar-refractivity contribution is 5.48. The zero-order valence-corrected chi connectivity index (χ0v) is 11.8. The summed E-state index contributed by atoms with van der Waals surface area (Å²) < 4.78 is 11.5. The molecule has 19 heavy (non-hydrogen) atoms. The Morgan fingerprint density at radius 1 is 1.11 bits per heavy atom. The molecule has 1 aromatic rings. The van der Waals surface area contributed by atoms with Gasteiger partial charge in [-0.05, 0) is 18.1 Å². The Balaban J connectivity index is 1.70. The third-order valence-corrected chi connectivity index (χ3v) is 3.45. The molecule has 1 aliphatic heterocycles. The van der Waals surface area contributed by atoms with Crippen LogP contribution in [0.2, 0.25) is 0 Å². The largest absolute Gasteiger partial charge is 0.349 e. The van der Waals surface area contributed by atoms with Gasteiger partial charge in [-0.3, -0.25) is 0 Å². The van der Waals surface area contributed by atoms with Crippen LogP contribution >= 0.6 is 0 Å². The molecule has 2 heteroatoms. The van der Waals surface area contributed by atoms with Crippen molar-refractivity contribution in [3.8, 4) is 0 Å². The van der Waals surface area contributed by atoms with Gasteiger partial charge in [-0.1, -0.05) is 62.6 Å². The van der Waals surface area contributed by atoms with Crippen LogP contribution in [0.4, 0.5) is 0 Å². The van der Waals surface area contributed by atoms with Gasteiger partial charge in [0.25, 0.3) is 0 Å². The molecule has 1 fully saturated rings. The van der Waals surface area contributed by atoms with Crippen molar-refractivity contribution >= 4 is 6.08 Å². The maximum Gasteiger partial charge on any atom is 0.177 e. The Morgan fingerprint density at radius 3 is 2.53 bits per heavy atom. The summed E-state index contributed by atoms with van der Waals surface area (Å²) in [7, 11) is 0. The van der Waals surface area contributed by atoms with Crippen molar-refractivity contribution in [2.24, 2.45) is 5.92 Å². The topological polar surface area (TPSA) is 18.5 Å². The lowest BCUT2D eigenvalue weighted by Gasteiger charge is -2.27. The molecule has 0 aromatic heterocycles. The number of benzene rings is 1. The molecule has 0 saturated carbocycles. The maximum atomic E-state index is 5.73. The Morgan fingerprint density at radius 2 is 1.84 bits per heavy atom. The summed E-state index contributed by atoms with van der Waals surface area (Å²) in [6, 6.07) is 10.2. The van der Waals surface area contributed by atoms with E-state index in [9.17, 15) is 0 Å². The third-order valence-electron chi connectivity index (χ3n) is 3.45. The van der Waals surface area contributed by atoms with Crippen LogP contribution in [0.5, 0.6) is 0 Å². The quantitative estimate of drug-likeness (QED) is 0.711. The lowest BCUT2D eigenvalue weighted by molar-refractivity contribution is -0.175. The van der Waals surface area contributed by atoms with E-state index in [4.69, 9.17) is 9.47 Å². The molecule has 0 aliphatic carbocycles. The molecule has 0 amide bonds.